The molecule has 2 heterocycles. The fraction of sp³-hybridized carbons (Fsp3) is 0.133. The van der Waals surface area contributed by atoms with Gasteiger partial charge in [-0.2, -0.15) is 5.10 Å². The fourth-order valence-corrected chi connectivity index (χ4v) is 3.01. The van der Waals surface area contributed by atoms with Crippen molar-refractivity contribution in [2.45, 2.75) is 6.42 Å². The number of rotatable bonds is 4. The molecule has 0 radical (unpaired) electrons. The molecule has 0 atom stereocenters. The third-order valence-corrected chi connectivity index (χ3v) is 4.18. The van der Waals surface area contributed by atoms with Gasteiger partial charge < -0.3 is 0 Å². The van der Waals surface area contributed by atoms with E-state index in [9.17, 15) is 9.59 Å². The number of carbonyl (C=O) groups is 2. The van der Waals surface area contributed by atoms with Gasteiger partial charge in [-0.25, -0.2) is 0 Å². The van der Waals surface area contributed by atoms with Gasteiger partial charge in [0, 0.05) is 17.9 Å². The van der Waals surface area contributed by atoms with Crippen LogP contribution in [0.3, 0.4) is 0 Å². The molecule has 0 aliphatic rings. The molecular formula is C15H12N2O2S. The molecule has 0 unspecified atom stereocenters. The second-order valence-electron chi connectivity index (χ2n) is 4.55. The normalized spacial score (nSPS) is 10.8. The van der Waals surface area contributed by atoms with E-state index in [1.807, 2.05) is 30.3 Å². The minimum absolute atomic E-state index is 0.135. The van der Waals surface area contributed by atoms with Crippen LogP contribution in [0, 0.1) is 0 Å². The molecular weight excluding hydrogens is 272 g/mol. The van der Waals surface area contributed by atoms with Crippen LogP contribution in [0.15, 0.2) is 42.6 Å². The predicted molar refractivity (Wildman–Crippen MR) is 78.3 cm³/mol. The first-order valence-corrected chi connectivity index (χ1v) is 7.00. The lowest BCUT2D eigenvalue weighted by atomic mass is 10.1. The molecule has 0 amide bonds. The lowest BCUT2D eigenvalue weighted by molar-refractivity contribution is 0.0893. The molecule has 0 aliphatic carbocycles. The van der Waals surface area contributed by atoms with Gasteiger partial charge in [-0.05, 0) is 23.6 Å². The number of nitrogens with zero attached hydrogens (tertiary/aromatic N) is 2. The number of hydrogen-bond acceptors (Lipinski definition) is 4. The SMILES string of the molecule is Cn1ccc(C(=O)CC(=O)c2cc3ccccc3s2)n1. The number of carbonyl (C=O) groups excluding carboxylic acids is 2. The van der Waals surface area contributed by atoms with Crippen LogP contribution >= 0.6 is 11.3 Å². The average molecular weight is 284 g/mol. The number of fused-ring (bicyclic) bond motifs is 1. The molecule has 3 rings (SSSR count). The molecule has 20 heavy (non-hydrogen) atoms. The third-order valence-electron chi connectivity index (χ3n) is 3.02. The lowest BCUT2D eigenvalue weighted by Crippen LogP contribution is -2.08. The first-order chi connectivity index (χ1) is 9.63. The summed E-state index contributed by atoms with van der Waals surface area (Å²) in [4.78, 5) is 24.7. The van der Waals surface area contributed by atoms with E-state index in [0.29, 0.717) is 10.6 Å². The molecule has 2 aromatic heterocycles. The number of aryl methyl sites for hydroxylation is 1. The molecule has 0 saturated carbocycles. The van der Waals surface area contributed by atoms with E-state index in [0.717, 1.165) is 10.1 Å². The maximum atomic E-state index is 12.2. The summed E-state index contributed by atoms with van der Waals surface area (Å²) in [6.45, 7) is 0. The standard InChI is InChI=1S/C15H12N2O2S/c1-17-7-6-11(16-17)12(18)9-13(19)15-8-10-4-2-3-5-14(10)20-15/h2-8H,9H2,1H3. The Morgan fingerprint density at radius 3 is 2.70 bits per heavy atom. The second-order valence-corrected chi connectivity index (χ2v) is 5.63. The maximum Gasteiger partial charge on any atom is 0.190 e. The first kappa shape index (κ1) is 12.7. The fourth-order valence-electron chi connectivity index (χ4n) is 2.01. The number of aromatic nitrogens is 2. The van der Waals surface area contributed by atoms with Gasteiger partial charge in [-0.3, -0.25) is 14.3 Å². The van der Waals surface area contributed by atoms with Gasteiger partial charge in [0.05, 0.1) is 11.3 Å². The summed E-state index contributed by atoms with van der Waals surface area (Å²) in [6.07, 6.45) is 1.56. The Hall–Kier alpha value is -2.27. The minimum atomic E-state index is -0.243. The second kappa shape index (κ2) is 5.02. The zero-order valence-electron chi connectivity index (χ0n) is 10.9. The van der Waals surface area contributed by atoms with Crippen molar-refractivity contribution in [1.29, 1.82) is 0 Å². The van der Waals surface area contributed by atoms with E-state index < -0.39 is 0 Å². The topological polar surface area (TPSA) is 52.0 Å². The van der Waals surface area contributed by atoms with Crippen LogP contribution in [-0.4, -0.2) is 21.3 Å². The monoisotopic (exact) mass is 284 g/mol. The van der Waals surface area contributed by atoms with Gasteiger partial charge in [0.15, 0.2) is 11.6 Å². The Morgan fingerprint density at radius 1 is 1.20 bits per heavy atom. The maximum absolute atomic E-state index is 12.2. The highest BCUT2D eigenvalue weighted by atomic mass is 32.1. The molecule has 0 spiro atoms. The smallest absolute Gasteiger partial charge is 0.190 e. The van der Waals surface area contributed by atoms with E-state index in [-0.39, 0.29) is 18.0 Å². The van der Waals surface area contributed by atoms with Crippen molar-refractivity contribution in [3.63, 3.8) is 0 Å². The number of benzene rings is 1. The van der Waals surface area contributed by atoms with Gasteiger partial charge >= 0.3 is 0 Å². The molecule has 0 saturated heterocycles. The van der Waals surface area contributed by atoms with Crippen LogP contribution in [0.2, 0.25) is 0 Å². The molecule has 100 valence electrons. The Bertz CT molecular complexity index is 768. The van der Waals surface area contributed by atoms with Crippen molar-refractivity contribution in [2.24, 2.45) is 7.05 Å². The number of ketones is 2. The zero-order valence-corrected chi connectivity index (χ0v) is 11.7. The summed E-state index contributed by atoms with van der Waals surface area (Å²) in [5.74, 6) is -0.394. The Labute approximate surface area is 119 Å². The van der Waals surface area contributed by atoms with Gasteiger partial charge in [0.2, 0.25) is 0 Å². The van der Waals surface area contributed by atoms with Crippen molar-refractivity contribution in [2.75, 3.05) is 0 Å². The van der Waals surface area contributed by atoms with Gasteiger partial charge in [-0.1, -0.05) is 18.2 Å². The summed E-state index contributed by atoms with van der Waals surface area (Å²) >= 11 is 1.42. The Balaban J connectivity index is 1.80. The van der Waals surface area contributed by atoms with E-state index in [1.54, 1.807) is 24.0 Å². The van der Waals surface area contributed by atoms with E-state index in [1.165, 1.54) is 11.3 Å². The molecule has 3 aromatic rings. The highest BCUT2D eigenvalue weighted by molar-refractivity contribution is 7.20. The van der Waals surface area contributed by atoms with Crippen LogP contribution in [0.25, 0.3) is 10.1 Å². The minimum Gasteiger partial charge on any atom is -0.293 e. The summed E-state index contributed by atoms with van der Waals surface area (Å²) in [6, 6.07) is 11.3. The van der Waals surface area contributed by atoms with Crippen LogP contribution in [0.4, 0.5) is 0 Å². The average Bonchev–Trinajstić information content (AvgIpc) is 3.04. The molecule has 0 bridgehead atoms. The van der Waals surface area contributed by atoms with Crippen molar-refractivity contribution in [1.82, 2.24) is 9.78 Å². The highest BCUT2D eigenvalue weighted by Gasteiger charge is 2.17. The van der Waals surface area contributed by atoms with Crippen LogP contribution in [-0.2, 0) is 7.05 Å². The van der Waals surface area contributed by atoms with E-state index >= 15 is 0 Å². The molecule has 0 fully saturated rings. The Morgan fingerprint density at radius 2 is 2.00 bits per heavy atom. The summed E-state index contributed by atoms with van der Waals surface area (Å²) < 4.78 is 2.61. The predicted octanol–water partition coefficient (Wildman–Crippen LogP) is 3.09. The molecule has 0 aliphatic heterocycles. The van der Waals surface area contributed by atoms with Gasteiger partial charge in [0.25, 0.3) is 0 Å². The number of hydrogen-bond donors (Lipinski definition) is 0. The van der Waals surface area contributed by atoms with Crippen molar-refractivity contribution in [3.8, 4) is 0 Å². The van der Waals surface area contributed by atoms with Crippen molar-refractivity contribution < 1.29 is 9.59 Å². The summed E-state index contributed by atoms with van der Waals surface area (Å²) in [5, 5.41) is 5.05. The molecule has 1 aromatic carbocycles. The highest BCUT2D eigenvalue weighted by Crippen LogP contribution is 2.26. The van der Waals surface area contributed by atoms with Crippen LogP contribution < -0.4 is 0 Å². The van der Waals surface area contributed by atoms with Gasteiger partial charge in [-0.15, -0.1) is 11.3 Å². The van der Waals surface area contributed by atoms with Gasteiger partial charge in [0.1, 0.15) is 5.69 Å². The first-order valence-electron chi connectivity index (χ1n) is 6.18. The quantitative estimate of drug-likeness (QED) is 0.546. The third kappa shape index (κ3) is 2.40. The Kier molecular flexibility index (Phi) is 3.20. The number of thiophene rings is 1. The van der Waals surface area contributed by atoms with Crippen LogP contribution in [0.5, 0.6) is 0 Å². The summed E-state index contributed by atoms with van der Waals surface area (Å²) in [5.41, 5.74) is 0.335. The molecule has 4 nitrogen and oxygen atoms in total. The van der Waals surface area contributed by atoms with Crippen LogP contribution in [0.1, 0.15) is 26.6 Å². The molecule has 5 heteroatoms. The molecule has 0 N–H and O–H groups in total. The van der Waals surface area contributed by atoms with Crippen molar-refractivity contribution in [3.05, 3.63) is 53.2 Å². The lowest BCUT2D eigenvalue weighted by Gasteiger charge is -1.95. The summed E-state index contributed by atoms with van der Waals surface area (Å²) in [7, 11) is 1.74. The largest absolute Gasteiger partial charge is 0.293 e. The number of Topliss-reactive ketones (excluding diaryl/α,β-unsaturated/α-hetero) is 2. The van der Waals surface area contributed by atoms with Crippen molar-refractivity contribution >= 4 is 33.0 Å². The van der Waals surface area contributed by atoms with E-state index in [4.69, 9.17) is 0 Å². The zero-order chi connectivity index (χ0) is 14.1. The van der Waals surface area contributed by atoms with E-state index in [2.05, 4.69) is 5.10 Å².